The van der Waals surface area contributed by atoms with Crippen LogP contribution in [0.4, 0.5) is 11.7 Å². The van der Waals surface area contributed by atoms with Gasteiger partial charge in [-0.05, 0) is 25.0 Å². The van der Waals surface area contributed by atoms with E-state index in [1.165, 1.54) is 26.2 Å². The molecule has 4 heterocycles. The number of oxazole rings is 1. The Labute approximate surface area is 160 Å². The van der Waals surface area contributed by atoms with Crippen LogP contribution in [0.2, 0.25) is 0 Å². The smallest absolute Gasteiger partial charge is 0.298 e. The van der Waals surface area contributed by atoms with E-state index in [-0.39, 0.29) is 5.91 Å². The summed E-state index contributed by atoms with van der Waals surface area (Å²) in [7, 11) is 0. The number of hydrogen-bond donors (Lipinski definition) is 2. The predicted octanol–water partition coefficient (Wildman–Crippen LogP) is 3.24. The molecule has 2 N–H and O–H groups in total. The number of nitrogens with one attached hydrogen (secondary N) is 2. The van der Waals surface area contributed by atoms with Gasteiger partial charge in [0.05, 0.1) is 11.3 Å². The summed E-state index contributed by atoms with van der Waals surface area (Å²) >= 11 is 1.56. The maximum Gasteiger partial charge on any atom is 0.298 e. The molecule has 27 heavy (non-hydrogen) atoms. The molecule has 2 fully saturated rings. The number of piperazine rings is 1. The summed E-state index contributed by atoms with van der Waals surface area (Å²) in [6.45, 7) is 3.29. The van der Waals surface area contributed by atoms with Crippen LogP contribution in [0.5, 0.6) is 0 Å². The van der Waals surface area contributed by atoms with Crippen molar-refractivity contribution in [3.8, 4) is 10.6 Å². The molecule has 0 radical (unpaired) electrons. The molecule has 140 valence electrons. The molecule has 2 saturated heterocycles. The largest absolute Gasteiger partial charge is 0.423 e. The van der Waals surface area contributed by atoms with Crippen LogP contribution in [-0.4, -0.2) is 41.0 Å². The first-order valence-corrected chi connectivity index (χ1v) is 10.2. The summed E-state index contributed by atoms with van der Waals surface area (Å²) in [5, 5.41) is 9.37. The Morgan fingerprint density at radius 2 is 2.15 bits per heavy atom. The van der Waals surface area contributed by atoms with Crippen LogP contribution in [0.1, 0.15) is 26.2 Å². The highest BCUT2D eigenvalue weighted by atomic mass is 32.1. The van der Waals surface area contributed by atoms with E-state index >= 15 is 0 Å². The topological polar surface area (TPSA) is 83.3 Å². The van der Waals surface area contributed by atoms with Crippen molar-refractivity contribution in [2.24, 2.45) is 0 Å². The first kappa shape index (κ1) is 16.7. The number of rotatable bonds is 3. The number of nitrogens with zero attached hydrogens (tertiary/aromatic N) is 3. The molecule has 8 heteroatoms. The maximum atomic E-state index is 11.6. The minimum atomic E-state index is -0.125. The summed E-state index contributed by atoms with van der Waals surface area (Å²) in [5.74, 6) is -0.125. The van der Waals surface area contributed by atoms with Crippen molar-refractivity contribution in [2.75, 3.05) is 23.3 Å². The SMILES string of the molecule is CC(=O)Nc1ccc(-c2nccs2)c2oc(N3CC4CCCC(C3)N4)nc12. The first-order chi connectivity index (χ1) is 13.2. The molecule has 2 aliphatic heterocycles. The van der Waals surface area contributed by atoms with E-state index in [9.17, 15) is 4.79 Å². The number of carbonyl (C=O) groups is 1. The minimum Gasteiger partial charge on any atom is -0.423 e. The number of fused-ring (bicyclic) bond motifs is 3. The highest BCUT2D eigenvalue weighted by Gasteiger charge is 2.32. The second kappa shape index (κ2) is 6.61. The molecule has 2 bridgehead atoms. The molecule has 3 aromatic rings. The lowest BCUT2D eigenvalue weighted by Gasteiger charge is -2.41. The minimum absolute atomic E-state index is 0.125. The van der Waals surface area contributed by atoms with Gasteiger partial charge >= 0.3 is 0 Å². The van der Waals surface area contributed by atoms with Crippen molar-refractivity contribution in [3.63, 3.8) is 0 Å². The van der Waals surface area contributed by atoms with Gasteiger partial charge in [-0.3, -0.25) is 4.79 Å². The molecule has 2 aliphatic rings. The Kier molecular flexibility index (Phi) is 4.09. The summed E-state index contributed by atoms with van der Waals surface area (Å²) in [6, 6.07) is 5.41. The van der Waals surface area contributed by atoms with Gasteiger partial charge in [-0.25, -0.2) is 4.98 Å². The zero-order valence-corrected chi connectivity index (χ0v) is 15.9. The van der Waals surface area contributed by atoms with Crippen LogP contribution in [0.15, 0.2) is 28.1 Å². The number of benzene rings is 1. The van der Waals surface area contributed by atoms with Gasteiger partial charge < -0.3 is 20.0 Å². The third-order valence-corrected chi connectivity index (χ3v) is 6.04. The molecule has 5 rings (SSSR count). The van der Waals surface area contributed by atoms with E-state index in [4.69, 9.17) is 9.40 Å². The second-order valence-corrected chi connectivity index (χ2v) is 8.14. The summed E-state index contributed by atoms with van der Waals surface area (Å²) in [4.78, 5) is 23.0. The molecular weight excluding hydrogens is 362 g/mol. The summed E-state index contributed by atoms with van der Waals surface area (Å²) in [6.07, 6.45) is 5.44. The number of piperidine rings is 1. The van der Waals surface area contributed by atoms with Crippen LogP contribution in [0, 0.1) is 0 Å². The van der Waals surface area contributed by atoms with Crippen molar-refractivity contribution in [3.05, 3.63) is 23.7 Å². The molecule has 1 amide bonds. The molecule has 0 saturated carbocycles. The Morgan fingerprint density at radius 1 is 1.33 bits per heavy atom. The average molecular weight is 383 g/mol. The summed E-state index contributed by atoms with van der Waals surface area (Å²) in [5.41, 5.74) is 2.93. The van der Waals surface area contributed by atoms with Gasteiger partial charge in [-0.1, -0.05) is 6.42 Å². The van der Waals surface area contributed by atoms with Crippen LogP contribution in [0.3, 0.4) is 0 Å². The van der Waals surface area contributed by atoms with E-state index in [0.29, 0.717) is 34.9 Å². The van der Waals surface area contributed by atoms with E-state index in [1.54, 1.807) is 17.5 Å². The molecule has 2 aromatic heterocycles. The molecular formula is C19H21N5O2S. The third-order valence-electron chi connectivity index (χ3n) is 5.23. The van der Waals surface area contributed by atoms with Gasteiger partial charge in [0.15, 0.2) is 5.58 Å². The third kappa shape index (κ3) is 3.08. The number of aromatic nitrogens is 2. The highest BCUT2D eigenvalue weighted by molar-refractivity contribution is 7.13. The van der Waals surface area contributed by atoms with Crippen molar-refractivity contribution in [1.82, 2.24) is 15.3 Å². The van der Waals surface area contributed by atoms with E-state index in [0.717, 1.165) is 23.7 Å². The van der Waals surface area contributed by atoms with Crippen molar-refractivity contribution < 1.29 is 9.21 Å². The fourth-order valence-corrected chi connectivity index (χ4v) is 4.77. The zero-order chi connectivity index (χ0) is 18.4. The Balaban J connectivity index is 1.59. The van der Waals surface area contributed by atoms with Crippen LogP contribution < -0.4 is 15.5 Å². The van der Waals surface area contributed by atoms with Crippen molar-refractivity contribution in [2.45, 2.75) is 38.3 Å². The fraction of sp³-hybridized carbons (Fsp3) is 0.421. The molecule has 0 aliphatic carbocycles. The lowest BCUT2D eigenvalue weighted by Crippen LogP contribution is -2.58. The van der Waals surface area contributed by atoms with Crippen molar-refractivity contribution >= 4 is 40.0 Å². The Morgan fingerprint density at radius 3 is 2.85 bits per heavy atom. The summed E-state index contributed by atoms with van der Waals surface area (Å²) < 4.78 is 6.25. The van der Waals surface area contributed by atoms with Gasteiger partial charge in [0.2, 0.25) is 5.91 Å². The number of amides is 1. The molecule has 2 atom stereocenters. The predicted molar refractivity (Wildman–Crippen MR) is 106 cm³/mol. The monoisotopic (exact) mass is 383 g/mol. The number of thiazole rings is 1. The number of carbonyl (C=O) groups excluding carboxylic acids is 1. The quantitative estimate of drug-likeness (QED) is 0.722. The molecule has 0 spiro atoms. The first-order valence-electron chi connectivity index (χ1n) is 9.29. The normalized spacial score (nSPS) is 22.2. The van der Waals surface area contributed by atoms with Gasteiger partial charge in [0, 0.05) is 43.7 Å². The van der Waals surface area contributed by atoms with Gasteiger partial charge in [0.25, 0.3) is 6.01 Å². The Bertz CT molecular complexity index is 972. The standard InChI is InChI=1S/C19H21N5O2S/c1-11(25)21-15-6-5-14(18-20-7-8-27-18)17-16(15)23-19(26-17)24-9-12-3-2-4-13(10-24)22-12/h5-8,12-13,22H,2-4,9-10H2,1H3,(H,21,25). The van der Waals surface area contributed by atoms with Crippen molar-refractivity contribution in [1.29, 1.82) is 0 Å². The number of anilines is 2. The fourth-order valence-electron chi connectivity index (χ4n) is 4.11. The second-order valence-electron chi connectivity index (χ2n) is 7.25. The van der Waals surface area contributed by atoms with Crippen LogP contribution in [-0.2, 0) is 4.79 Å². The van der Waals surface area contributed by atoms with Crippen LogP contribution >= 0.6 is 11.3 Å². The maximum absolute atomic E-state index is 11.6. The lowest BCUT2D eigenvalue weighted by atomic mass is 9.94. The van der Waals surface area contributed by atoms with E-state index in [1.807, 2.05) is 17.5 Å². The number of hydrogen-bond acceptors (Lipinski definition) is 7. The molecule has 1 aromatic carbocycles. The van der Waals surface area contributed by atoms with E-state index < -0.39 is 0 Å². The van der Waals surface area contributed by atoms with E-state index in [2.05, 4.69) is 20.5 Å². The molecule has 7 nitrogen and oxygen atoms in total. The van der Waals surface area contributed by atoms with Gasteiger partial charge in [-0.15, -0.1) is 11.3 Å². The zero-order valence-electron chi connectivity index (χ0n) is 15.1. The lowest BCUT2D eigenvalue weighted by molar-refractivity contribution is -0.114. The van der Waals surface area contributed by atoms with Gasteiger partial charge in [0.1, 0.15) is 10.5 Å². The van der Waals surface area contributed by atoms with Gasteiger partial charge in [-0.2, -0.15) is 4.98 Å². The van der Waals surface area contributed by atoms with Crippen LogP contribution in [0.25, 0.3) is 21.7 Å². The Hall–Kier alpha value is -2.45. The highest BCUT2D eigenvalue weighted by Crippen LogP contribution is 2.37. The molecule has 2 unspecified atom stereocenters. The average Bonchev–Trinajstić information content (AvgIpc) is 3.31.